The molecule has 3 aliphatic rings. The number of nitrogens with one attached hydrogen (secondary N) is 1. The molecule has 5 rings (SSSR count). The van der Waals surface area contributed by atoms with Crippen LogP contribution in [0.3, 0.4) is 0 Å². The number of aliphatic imine (C=N–C) groups is 1. The summed E-state index contributed by atoms with van der Waals surface area (Å²) < 4.78 is 30.4. The molecule has 1 fully saturated rings. The number of imidazole rings is 1. The molecule has 2 aromatic heterocycles. The van der Waals surface area contributed by atoms with Crippen LogP contribution in [0.2, 0.25) is 0 Å². The van der Waals surface area contributed by atoms with Crippen LogP contribution >= 0.6 is 0 Å². The van der Waals surface area contributed by atoms with E-state index in [0.29, 0.717) is 30.3 Å². The standard InChI is InChI=1S/C22H22F2N4/c23-15-8-6-14(7-9-15)20-21(28(13-27-20)16-4-2-1-3-5-16)17-10-11-25-22-19(17)18(24)12-26-22/h6,8-9,11-13,16,26H,1-5,7,10H2. The molecule has 2 aliphatic carbocycles. The predicted octanol–water partition coefficient (Wildman–Crippen LogP) is 4.12. The third kappa shape index (κ3) is 2.87. The van der Waals surface area contributed by atoms with Gasteiger partial charge in [0.25, 0.3) is 0 Å². The number of hydrogen-bond acceptors (Lipinski definition) is 2. The Kier molecular flexibility index (Phi) is 4.34. The fourth-order valence-electron chi connectivity index (χ4n) is 4.55. The van der Waals surface area contributed by atoms with Crippen molar-refractivity contribution in [3.63, 3.8) is 0 Å². The number of H-pyrrole nitrogens is 1. The lowest BCUT2D eigenvalue weighted by molar-refractivity contribution is 0.348. The zero-order chi connectivity index (χ0) is 19.1. The molecule has 6 heteroatoms. The van der Waals surface area contributed by atoms with Gasteiger partial charge < -0.3 is 9.55 Å². The molecule has 1 saturated carbocycles. The highest BCUT2D eigenvalue weighted by Crippen LogP contribution is 2.32. The van der Waals surface area contributed by atoms with Gasteiger partial charge in [-0.05, 0) is 42.6 Å². The van der Waals surface area contributed by atoms with Crippen LogP contribution in [0.15, 0.2) is 41.6 Å². The van der Waals surface area contributed by atoms with Crippen LogP contribution in [0.5, 0.6) is 0 Å². The Balaban J connectivity index is 1.82. The number of aromatic nitrogens is 3. The summed E-state index contributed by atoms with van der Waals surface area (Å²) in [7, 11) is 0. The molecule has 4 nitrogen and oxygen atoms in total. The van der Waals surface area contributed by atoms with Crippen molar-refractivity contribution in [1.29, 1.82) is 0 Å². The number of aromatic amines is 1. The maximum Gasteiger partial charge on any atom is 0.150 e. The number of fused-ring (bicyclic) bond motifs is 1. The molecule has 0 spiro atoms. The van der Waals surface area contributed by atoms with E-state index < -0.39 is 0 Å². The first-order chi connectivity index (χ1) is 13.7. The predicted molar refractivity (Wildman–Crippen MR) is 106 cm³/mol. The fraction of sp³-hybridized carbons (Fsp3) is 0.364. The molecule has 0 saturated heterocycles. The average molecular weight is 380 g/mol. The smallest absolute Gasteiger partial charge is 0.150 e. The summed E-state index contributed by atoms with van der Waals surface area (Å²) >= 11 is 0. The number of nitrogens with zero attached hydrogens (tertiary/aromatic N) is 3. The van der Waals surface area contributed by atoms with Crippen LogP contribution in [0.25, 0.3) is 11.1 Å². The summed E-state index contributed by atoms with van der Waals surface area (Å²) in [6.07, 6.45) is 16.8. The van der Waals surface area contributed by atoms with Gasteiger partial charge in [-0.1, -0.05) is 25.3 Å². The Morgan fingerprint density at radius 1 is 1.07 bits per heavy atom. The highest BCUT2D eigenvalue weighted by molar-refractivity contribution is 5.88. The van der Waals surface area contributed by atoms with Crippen LogP contribution < -0.4 is 10.7 Å². The summed E-state index contributed by atoms with van der Waals surface area (Å²) in [6, 6.07) is 0.363. The molecule has 0 amide bonds. The van der Waals surface area contributed by atoms with Gasteiger partial charge in [-0.25, -0.2) is 18.8 Å². The fourth-order valence-corrected chi connectivity index (χ4v) is 4.55. The van der Waals surface area contributed by atoms with Gasteiger partial charge in [0.15, 0.2) is 5.82 Å². The lowest BCUT2D eigenvalue weighted by Gasteiger charge is -2.24. The van der Waals surface area contributed by atoms with Crippen molar-refractivity contribution in [3.8, 4) is 0 Å². The van der Waals surface area contributed by atoms with E-state index in [1.165, 1.54) is 31.5 Å². The molecule has 1 N–H and O–H groups in total. The van der Waals surface area contributed by atoms with E-state index in [9.17, 15) is 8.78 Å². The Morgan fingerprint density at radius 3 is 2.71 bits per heavy atom. The molecular weight excluding hydrogens is 358 g/mol. The Morgan fingerprint density at radius 2 is 1.93 bits per heavy atom. The molecule has 1 aliphatic heterocycles. The summed E-state index contributed by atoms with van der Waals surface area (Å²) in [5.74, 6) is 0.0315. The van der Waals surface area contributed by atoms with Crippen molar-refractivity contribution in [3.05, 3.63) is 58.7 Å². The van der Waals surface area contributed by atoms with Gasteiger partial charge in [0.2, 0.25) is 0 Å². The summed E-state index contributed by atoms with van der Waals surface area (Å²) in [4.78, 5) is 12.0. The Bertz CT molecular complexity index is 1120. The second kappa shape index (κ2) is 7.00. The van der Waals surface area contributed by atoms with E-state index in [2.05, 4.69) is 14.5 Å². The Labute approximate surface area is 161 Å². The van der Waals surface area contributed by atoms with Crippen LogP contribution in [-0.2, 0) is 0 Å². The van der Waals surface area contributed by atoms with E-state index in [4.69, 9.17) is 4.98 Å². The number of rotatable bonds is 1. The third-order valence-corrected chi connectivity index (χ3v) is 5.94. The largest absolute Gasteiger partial charge is 0.343 e. The minimum absolute atomic E-state index is 0.228. The van der Waals surface area contributed by atoms with Crippen LogP contribution in [0.4, 0.5) is 14.6 Å². The van der Waals surface area contributed by atoms with E-state index >= 15 is 0 Å². The van der Waals surface area contributed by atoms with Gasteiger partial charge >= 0.3 is 0 Å². The summed E-state index contributed by atoms with van der Waals surface area (Å²) in [5, 5.41) is 1.77. The zero-order valence-electron chi connectivity index (χ0n) is 15.6. The normalized spacial score (nSPS) is 23.7. The van der Waals surface area contributed by atoms with Crippen LogP contribution in [-0.4, -0.2) is 20.7 Å². The SMILES string of the molecule is FC1=CCC(=c2ncn(C3CCCCC3)c2=C2CC=Nc3[nH]cc(F)c32)C=C1. The van der Waals surface area contributed by atoms with E-state index in [1.54, 1.807) is 12.2 Å². The molecule has 144 valence electrons. The van der Waals surface area contributed by atoms with Crippen molar-refractivity contribution in [2.45, 2.75) is 51.0 Å². The molecule has 0 unspecified atom stereocenters. The summed E-state index contributed by atoms with van der Waals surface area (Å²) in [6.45, 7) is 0. The average Bonchev–Trinajstić information content (AvgIpc) is 3.34. The van der Waals surface area contributed by atoms with Crippen molar-refractivity contribution in [1.82, 2.24) is 14.5 Å². The zero-order valence-corrected chi connectivity index (χ0v) is 15.6. The molecule has 0 bridgehead atoms. The van der Waals surface area contributed by atoms with E-state index in [-0.39, 0.29) is 11.6 Å². The monoisotopic (exact) mass is 380 g/mol. The van der Waals surface area contributed by atoms with Gasteiger partial charge in [0.05, 0.1) is 22.6 Å². The van der Waals surface area contributed by atoms with Crippen molar-refractivity contribution < 1.29 is 8.78 Å². The lowest BCUT2D eigenvalue weighted by Crippen LogP contribution is -2.37. The molecule has 0 aromatic carbocycles. The van der Waals surface area contributed by atoms with Gasteiger partial charge in [-0.3, -0.25) is 0 Å². The highest BCUT2D eigenvalue weighted by Gasteiger charge is 2.24. The second-order valence-corrected chi connectivity index (χ2v) is 7.65. The van der Waals surface area contributed by atoms with Gasteiger partial charge in [0.1, 0.15) is 11.6 Å². The van der Waals surface area contributed by atoms with Crippen LogP contribution in [0.1, 0.15) is 56.6 Å². The number of halogens is 2. The third-order valence-electron chi connectivity index (χ3n) is 5.94. The van der Waals surface area contributed by atoms with Crippen LogP contribution in [0, 0.1) is 5.82 Å². The minimum atomic E-state index is -0.292. The summed E-state index contributed by atoms with van der Waals surface area (Å²) in [5.41, 5.74) is 2.39. The van der Waals surface area contributed by atoms with Gasteiger partial charge in [-0.2, -0.15) is 0 Å². The van der Waals surface area contributed by atoms with Gasteiger partial charge in [-0.15, -0.1) is 0 Å². The Hall–Kier alpha value is -2.76. The quantitative estimate of drug-likeness (QED) is 0.795. The maximum absolute atomic E-state index is 14.6. The first-order valence-electron chi connectivity index (χ1n) is 9.95. The second-order valence-electron chi connectivity index (χ2n) is 7.65. The van der Waals surface area contributed by atoms with Crippen molar-refractivity contribution in [2.24, 2.45) is 4.99 Å². The molecule has 2 aromatic rings. The maximum atomic E-state index is 14.6. The molecule has 3 heterocycles. The first kappa shape index (κ1) is 17.3. The van der Waals surface area contributed by atoms with Crippen molar-refractivity contribution >= 4 is 23.2 Å². The highest BCUT2D eigenvalue weighted by atomic mass is 19.1. The van der Waals surface area contributed by atoms with E-state index in [1.807, 2.05) is 12.5 Å². The molecule has 28 heavy (non-hydrogen) atoms. The molecular formula is C22H22F2N4. The minimum Gasteiger partial charge on any atom is -0.343 e. The topological polar surface area (TPSA) is 46.0 Å². The van der Waals surface area contributed by atoms with Crippen molar-refractivity contribution in [2.75, 3.05) is 0 Å². The lowest BCUT2D eigenvalue weighted by atomic mass is 9.94. The molecule has 0 atom stereocenters. The number of hydrogen-bond donors (Lipinski definition) is 1. The van der Waals surface area contributed by atoms with Gasteiger partial charge in [0, 0.05) is 24.9 Å². The first-order valence-corrected chi connectivity index (χ1v) is 9.95. The molecule has 0 radical (unpaired) electrons. The number of allylic oxidation sites excluding steroid dienone is 4. The van der Waals surface area contributed by atoms with E-state index in [0.717, 1.165) is 34.7 Å².